The summed E-state index contributed by atoms with van der Waals surface area (Å²) in [5.74, 6) is 0.745. The van der Waals surface area contributed by atoms with Gasteiger partial charge in [-0.2, -0.15) is 5.10 Å². The lowest BCUT2D eigenvalue weighted by Gasteiger charge is -2.33. The monoisotopic (exact) mass is 327 g/mol. The molecule has 2 heterocycles. The molecule has 1 aliphatic heterocycles. The maximum atomic E-state index is 12.6. The number of amides is 2. The normalized spacial score (nSPS) is 17.6. The first-order chi connectivity index (χ1) is 11.7. The number of carbonyl (C=O) groups is 1. The van der Waals surface area contributed by atoms with Gasteiger partial charge in [0.15, 0.2) is 0 Å². The number of aryl methyl sites for hydroxylation is 2. The Bertz CT molecular complexity index is 682. The van der Waals surface area contributed by atoms with Crippen LogP contribution in [0.3, 0.4) is 0 Å². The number of benzene rings is 1. The molecule has 1 aromatic heterocycles. The van der Waals surface area contributed by atoms with E-state index in [0.717, 1.165) is 43.0 Å². The zero-order chi connectivity index (χ0) is 16.9. The fraction of sp³-hybridized carbons (Fsp3) is 0.444. The van der Waals surface area contributed by atoms with E-state index in [1.54, 1.807) is 4.68 Å². The van der Waals surface area contributed by atoms with Crippen molar-refractivity contribution in [2.45, 2.75) is 32.2 Å². The van der Waals surface area contributed by atoms with Crippen LogP contribution < -0.4 is 10.6 Å². The molecule has 1 saturated heterocycles. The number of para-hydroxylation sites is 1. The second-order valence-electron chi connectivity index (χ2n) is 6.22. The first kappa shape index (κ1) is 16.4. The molecule has 24 heavy (non-hydrogen) atoms. The standard InChI is InChI=1S/C18H25N5O/c1-3-14-12-17(22(2)21-14)20-18(24)23-11-7-10-16(13-23)19-15-8-5-4-6-9-15/h4-6,8-9,12,16,19H,3,7,10-11,13H2,1-2H3,(H,20,24). The molecule has 1 aromatic carbocycles. The van der Waals surface area contributed by atoms with E-state index >= 15 is 0 Å². The van der Waals surface area contributed by atoms with Crippen LogP contribution in [0.1, 0.15) is 25.5 Å². The van der Waals surface area contributed by atoms with Gasteiger partial charge >= 0.3 is 6.03 Å². The Morgan fingerprint density at radius 2 is 2.12 bits per heavy atom. The van der Waals surface area contributed by atoms with E-state index in [1.807, 2.05) is 36.2 Å². The lowest BCUT2D eigenvalue weighted by molar-refractivity contribution is 0.195. The van der Waals surface area contributed by atoms with Crippen LogP contribution in [0.15, 0.2) is 36.4 Å². The average Bonchev–Trinajstić information content (AvgIpc) is 2.96. The highest BCUT2D eigenvalue weighted by Crippen LogP contribution is 2.17. The number of hydrogen-bond donors (Lipinski definition) is 2. The number of carbonyl (C=O) groups excluding carboxylic acids is 1. The van der Waals surface area contributed by atoms with E-state index < -0.39 is 0 Å². The number of nitrogens with zero attached hydrogens (tertiary/aromatic N) is 3. The second-order valence-corrected chi connectivity index (χ2v) is 6.22. The first-order valence-electron chi connectivity index (χ1n) is 8.56. The van der Waals surface area contributed by atoms with Gasteiger partial charge in [-0.1, -0.05) is 25.1 Å². The molecule has 2 aromatic rings. The van der Waals surface area contributed by atoms with E-state index in [1.165, 1.54) is 0 Å². The lowest BCUT2D eigenvalue weighted by atomic mass is 10.1. The molecule has 0 aliphatic carbocycles. The van der Waals surface area contributed by atoms with Gasteiger partial charge in [-0.3, -0.25) is 10.00 Å². The highest BCUT2D eigenvalue weighted by atomic mass is 16.2. The zero-order valence-electron chi connectivity index (χ0n) is 14.3. The van der Waals surface area contributed by atoms with Crippen molar-refractivity contribution < 1.29 is 4.79 Å². The molecule has 1 unspecified atom stereocenters. The Morgan fingerprint density at radius 3 is 2.83 bits per heavy atom. The third-order valence-electron chi connectivity index (χ3n) is 4.38. The largest absolute Gasteiger partial charge is 0.381 e. The van der Waals surface area contributed by atoms with Crippen molar-refractivity contribution in [2.75, 3.05) is 23.7 Å². The van der Waals surface area contributed by atoms with Crippen molar-refractivity contribution in [1.82, 2.24) is 14.7 Å². The van der Waals surface area contributed by atoms with E-state index in [4.69, 9.17) is 0 Å². The Kier molecular flexibility index (Phi) is 5.03. The Labute approximate surface area is 142 Å². The summed E-state index contributed by atoms with van der Waals surface area (Å²) in [6, 6.07) is 12.3. The smallest absolute Gasteiger partial charge is 0.323 e. The Morgan fingerprint density at radius 1 is 1.33 bits per heavy atom. The van der Waals surface area contributed by atoms with Crippen LogP contribution in [0.5, 0.6) is 0 Å². The van der Waals surface area contributed by atoms with Crippen molar-refractivity contribution in [2.24, 2.45) is 7.05 Å². The quantitative estimate of drug-likeness (QED) is 0.907. The van der Waals surface area contributed by atoms with Crippen molar-refractivity contribution in [3.05, 3.63) is 42.1 Å². The van der Waals surface area contributed by atoms with Crippen LogP contribution in [-0.2, 0) is 13.5 Å². The highest BCUT2D eigenvalue weighted by molar-refractivity contribution is 5.88. The van der Waals surface area contributed by atoms with E-state index in [0.29, 0.717) is 6.54 Å². The molecule has 0 spiro atoms. The molecule has 0 bridgehead atoms. The minimum absolute atomic E-state index is 0.0554. The fourth-order valence-corrected chi connectivity index (χ4v) is 3.05. The number of hydrogen-bond acceptors (Lipinski definition) is 3. The van der Waals surface area contributed by atoms with Gasteiger partial charge in [0, 0.05) is 37.9 Å². The van der Waals surface area contributed by atoms with E-state index in [9.17, 15) is 4.79 Å². The molecule has 2 N–H and O–H groups in total. The molecule has 128 valence electrons. The molecular weight excluding hydrogens is 302 g/mol. The molecule has 6 heteroatoms. The van der Waals surface area contributed by atoms with Gasteiger partial charge in [-0.25, -0.2) is 4.79 Å². The molecular formula is C18H25N5O. The van der Waals surface area contributed by atoms with Crippen molar-refractivity contribution in [3.63, 3.8) is 0 Å². The zero-order valence-corrected chi connectivity index (χ0v) is 14.3. The minimum atomic E-state index is -0.0554. The summed E-state index contributed by atoms with van der Waals surface area (Å²) >= 11 is 0. The van der Waals surface area contributed by atoms with Crippen LogP contribution in [0.25, 0.3) is 0 Å². The molecule has 0 radical (unpaired) electrons. The van der Waals surface area contributed by atoms with Crippen LogP contribution in [0.4, 0.5) is 16.3 Å². The summed E-state index contributed by atoms with van der Waals surface area (Å²) in [6.45, 7) is 3.55. The maximum Gasteiger partial charge on any atom is 0.323 e. The number of piperidine rings is 1. The second kappa shape index (κ2) is 7.38. The molecule has 6 nitrogen and oxygen atoms in total. The van der Waals surface area contributed by atoms with Crippen LogP contribution >= 0.6 is 0 Å². The number of rotatable bonds is 4. The molecule has 3 rings (SSSR count). The summed E-state index contributed by atoms with van der Waals surface area (Å²) in [4.78, 5) is 14.4. The van der Waals surface area contributed by atoms with Gasteiger partial charge in [0.05, 0.1) is 5.69 Å². The van der Waals surface area contributed by atoms with E-state index in [-0.39, 0.29) is 12.1 Å². The van der Waals surface area contributed by atoms with E-state index in [2.05, 4.69) is 34.8 Å². The molecule has 1 aliphatic rings. The molecule has 0 saturated carbocycles. The Hall–Kier alpha value is -2.50. The minimum Gasteiger partial charge on any atom is -0.381 e. The third kappa shape index (κ3) is 3.88. The summed E-state index contributed by atoms with van der Waals surface area (Å²) in [6.07, 6.45) is 2.93. The topological polar surface area (TPSA) is 62.2 Å². The lowest BCUT2D eigenvalue weighted by Crippen LogP contribution is -2.47. The van der Waals surface area contributed by atoms with Gasteiger partial charge in [-0.05, 0) is 31.4 Å². The van der Waals surface area contributed by atoms with Crippen molar-refractivity contribution >= 4 is 17.5 Å². The summed E-state index contributed by atoms with van der Waals surface area (Å²) in [5, 5.41) is 10.9. The number of anilines is 2. The average molecular weight is 327 g/mol. The molecule has 1 fully saturated rings. The third-order valence-corrected chi connectivity index (χ3v) is 4.38. The Balaban J connectivity index is 1.59. The number of nitrogens with one attached hydrogen (secondary N) is 2. The van der Waals surface area contributed by atoms with Crippen molar-refractivity contribution in [1.29, 1.82) is 0 Å². The number of urea groups is 1. The maximum absolute atomic E-state index is 12.6. The predicted molar refractivity (Wildman–Crippen MR) is 96.3 cm³/mol. The summed E-state index contributed by atoms with van der Waals surface area (Å²) in [5.41, 5.74) is 2.08. The van der Waals surface area contributed by atoms with Gasteiger partial charge in [0.2, 0.25) is 0 Å². The predicted octanol–water partition coefficient (Wildman–Crippen LogP) is 3.09. The van der Waals surface area contributed by atoms with Gasteiger partial charge in [0.1, 0.15) is 5.82 Å². The SMILES string of the molecule is CCc1cc(NC(=O)N2CCCC(Nc3ccccc3)C2)n(C)n1. The summed E-state index contributed by atoms with van der Waals surface area (Å²) < 4.78 is 1.72. The van der Waals surface area contributed by atoms with Crippen LogP contribution in [-0.4, -0.2) is 39.8 Å². The summed E-state index contributed by atoms with van der Waals surface area (Å²) in [7, 11) is 1.85. The first-order valence-corrected chi connectivity index (χ1v) is 8.56. The van der Waals surface area contributed by atoms with Crippen molar-refractivity contribution in [3.8, 4) is 0 Å². The van der Waals surface area contributed by atoms with Crippen LogP contribution in [0, 0.1) is 0 Å². The van der Waals surface area contributed by atoms with Gasteiger partial charge in [-0.15, -0.1) is 0 Å². The highest BCUT2D eigenvalue weighted by Gasteiger charge is 2.24. The molecule has 1 atom stereocenters. The van der Waals surface area contributed by atoms with Gasteiger partial charge < -0.3 is 10.2 Å². The fourth-order valence-electron chi connectivity index (χ4n) is 3.05. The van der Waals surface area contributed by atoms with Crippen LogP contribution in [0.2, 0.25) is 0 Å². The molecule has 2 amide bonds. The number of aromatic nitrogens is 2. The number of likely N-dealkylation sites (tertiary alicyclic amines) is 1. The van der Waals surface area contributed by atoms with Gasteiger partial charge in [0.25, 0.3) is 0 Å².